The van der Waals surface area contributed by atoms with E-state index in [-0.39, 0.29) is 5.91 Å². The smallest absolute Gasteiger partial charge is 0.252 e. The van der Waals surface area contributed by atoms with Crippen molar-refractivity contribution in [3.63, 3.8) is 0 Å². The fourth-order valence-corrected chi connectivity index (χ4v) is 2.23. The number of benzene rings is 2. The lowest BCUT2D eigenvalue weighted by Crippen LogP contribution is -2.46. The van der Waals surface area contributed by atoms with Gasteiger partial charge in [-0.15, -0.1) is 0 Å². The van der Waals surface area contributed by atoms with Crippen LogP contribution in [0, 0.1) is 11.3 Å². The Hall–Kier alpha value is -2.34. The monoisotopic (exact) mass is 266 g/mol. The highest BCUT2D eigenvalue weighted by Gasteiger charge is 2.28. The normalized spacial score (nSPS) is 11.1. The van der Waals surface area contributed by atoms with E-state index in [0.29, 0.717) is 18.4 Å². The fraction of sp³-hybridized carbons (Fsp3) is 0.294. The average Bonchev–Trinajstić information content (AvgIpc) is 2.52. The molecule has 0 spiro atoms. The lowest BCUT2D eigenvalue weighted by atomic mass is 9.94. The molecule has 0 aromatic heterocycles. The lowest BCUT2D eigenvalue weighted by Gasteiger charge is -2.24. The van der Waals surface area contributed by atoms with Crippen molar-refractivity contribution in [1.29, 1.82) is 5.26 Å². The molecule has 0 aliphatic carbocycles. The van der Waals surface area contributed by atoms with Crippen molar-refractivity contribution in [2.24, 2.45) is 0 Å². The van der Waals surface area contributed by atoms with Gasteiger partial charge in [-0.2, -0.15) is 5.26 Å². The van der Waals surface area contributed by atoms with Crippen LogP contribution in [0.3, 0.4) is 0 Å². The Morgan fingerprint density at radius 2 is 1.80 bits per heavy atom. The average molecular weight is 266 g/mol. The second-order valence-corrected chi connectivity index (χ2v) is 4.92. The molecule has 3 heteroatoms. The summed E-state index contributed by atoms with van der Waals surface area (Å²) in [5, 5.41) is 14.3. The van der Waals surface area contributed by atoms with Gasteiger partial charge in [-0.1, -0.05) is 44.2 Å². The van der Waals surface area contributed by atoms with Crippen LogP contribution in [0.25, 0.3) is 10.8 Å². The first kappa shape index (κ1) is 14.1. The molecule has 2 aromatic carbocycles. The number of nitrogens with zero attached hydrogens (tertiary/aromatic N) is 1. The first-order valence-corrected chi connectivity index (χ1v) is 6.86. The third kappa shape index (κ3) is 2.65. The molecular formula is C17H18N2O. The summed E-state index contributed by atoms with van der Waals surface area (Å²) in [4.78, 5) is 12.3. The summed E-state index contributed by atoms with van der Waals surface area (Å²) in [6.45, 7) is 3.82. The number of fused-ring (bicyclic) bond motifs is 1. The van der Waals surface area contributed by atoms with E-state index in [9.17, 15) is 10.1 Å². The molecular weight excluding hydrogens is 248 g/mol. The molecule has 0 saturated carbocycles. The number of hydrogen-bond acceptors (Lipinski definition) is 2. The van der Waals surface area contributed by atoms with E-state index < -0.39 is 5.54 Å². The van der Waals surface area contributed by atoms with E-state index in [2.05, 4.69) is 11.4 Å². The van der Waals surface area contributed by atoms with Crippen molar-refractivity contribution >= 4 is 16.7 Å². The quantitative estimate of drug-likeness (QED) is 0.918. The summed E-state index contributed by atoms with van der Waals surface area (Å²) in [6, 6.07) is 15.7. The number of nitrogens with one attached hydrogen (secondary N) is 1. The van der Waals surface area contributed by atoms with E-state index in [1.807, 2.05) is 50.2 Å². The molecule has 0 radical (unpaired) electrons. The second-order valence-electron chi connectivity index (χ2n) is 4.92. The van der Waals surface area contributed by atoms with E-state index in [4.69, 9.17) is 0 Å². The van der Waals surface area contributed by atoms with Crippen LogP contribution < -0.4 is 5.32 Å². The van der Waals surface area contributed by atoms with Gasteiger partial charge in [-0.3, -0.25) is 4.79 Å². The van der Waals surface area contributed by atoms with Crippen LogP contribution in [0.2, 0.25) is 0 Å². The van der Waals surface area contributed by atoms with Crippen molar-refractivity contribution in [3.8, 4) is 6.07 Å². The van der Waals surface area contributed by atoms with E-state index in [1.54, 1.807) is 6.07 Å². The Balaban J connectivity index is 2.30. The maximum atomic E-state index is 12.3. The molecule has 0 fully saturated rings. The predicted octanol–water partition coefficient (Wildman–Crippen LogP) is 3.65. The maximum Gasteiger partial charge on any atom is 0.252 e. The summed E-state index contributed by atoms with van der Waals surface area (Å²) in [5.74, 6) is -0.194. The summed E-state index contributed by atoms with van der Waals surface area (Å²) >= 11 is 0. The van der Waals surface area contributed by atoms with Gasteiger partial charge in [-0.05, 0) is 35.7 Å². The molecule has 1 N–H and O–H groups in total. The number of hydrogen-bond donors (Lipinski definition) is 1. The minimum absolute atomic E-state index is 0.194. The largest absolute Gasteiger partial charge is 0.334 e. The van der Waals surface area contributed by atoms with Crippen LogP contribution in [0.5, 0.6) is 0 Å². The van der Waals surface area contributed by atoms with Gasteiger partial charge in [-0.25, -0.2) is 0 Å². The third-order valence-corrected chi connectivity index (χ3v) is 3.79. The van der Waals surface area contributed by atoms with Gasteiger partial charge in [0.1, 0.15) is 5.54 Å². The molecule has 1 amide bonds. The molecule has 0 unspecified atom stereocenters. The van der Waals surface area contributed by atoms with Crippen LogP contribution in [-0.2, 0) is 0 Å². The van der Waals surface area contributed by atoms with Crippen molar-refractivity contribution in [1.82, 2.24) is 5.32 Å². The Morgan fingerprint density at radius 3 is 2.40 bits per heavy atom. The molecule has 0 heterocycles. The van der Waals surface area contributed by atoms with Crippen LogP contribution in [-0.4, -0.2) is 11.4 Å². The first-order valence-electron chi connectivity index (χ1n) is 6.86. The van der Waals surface area contributed by atoms with Gasteiger partial charge < -0.3 is 5.32 Å². The van der Waals surface area contributed by atoms with E-state index in [0.717, 1.165) is 10.8 Å². The molecule has 0 aliphatic heterocycles. The molecule has 20 heavy (non-hydrogen) atoms. The highest BCUT2D eigenvalue weighted by Crippen LogP contribution is 2.18. The van der Waals surface area contributed by atoms with Gasteiger partial charge in [0.2, 0.25) is 0 Å². The van der Waals surface area contributed by atoms with Gasteiger partial charge in [0, 0.05) is 5.56 Å². The standard InChI is InChI=1S/C17H18N2O/c1-3-17(4-2,12-18)19-16(20)15-10-9-13-7-5-6-8-14(13)11-15/h5-11H,3-4H2,1-2H3,(H,19,20). The van der Waals surface area contributed by atoms with Crippen molar-refractivity contribution in [2.45, 2.75) is 32.2 Å². The molecule has 0 saturated heterocycles. The highest BCUT2D eigenvalue weighted by atomic mass is 16.1. The summed E-state index contributed by atoms with van der Waals surface area (Å²) in [5.41, 5.74) is -0.187. The topological polar surface area (TPSA) is 52.9 Å². The molecule has 3 nitrogen and oxygen atoms in total. The molecule has 2 rings (SSSR count). The number of nitriles is 1. The Labute approximate surface area is 119 Å². The lowest BCUT2D eigenvalue weighted by molar-refractivity contribution is 0.0915. The van der Waals surface area contributed by atoms with Crippen molar-refractivity contribution in [2.75, 3.05) is 0 Å². The molecule has 0 aliphatic rings. The van der Waals surface area contributed by atoms with Crippen LogP contribution in [0.4, 0.5) is 0 Å². The molecule has 2 aromatic rings. The Kier molecular flexibility index (Phi) is 4.05. The summed E-state index contributed by atoms with van der Waals surface area (Å²) < 4.78 is 0. The SMILES string of the molecule is CCC(C#N)(CC)NC(=O)c1ccc2ccccc2c1. The minimum atomic E-state index is -0.775. The van der Waals surface area contributed by atoms with Gasteiger partial charge in [0.25, 0.3) is 5.91 Å². The second kappa shape index (κ2) is 5.75. The van der Waals surface area contributed by atoms with Crippen LogP contribution >= 0.6 is 0 Å². The predicted molar refractivity (Wildman–Crippen MR) is 80.3 cm³/mol. The van der Waals surface area contributed by atoms with Gasteiger partial charge in [0.05, 0.1) is 6.07 Å². The van der Waals surface area contributed by atoms with Crippen molar-refractivity contribution < 1.29 is 4.79 Å². The Bertz CT molecular complexity index is 666. The number of carbonyl (C=O) groups excluding carboxylic acids is 1. The van der Waals surface area contributed by atoms with Crippen molar-refractivity contribution in [3.05, 3.63) is 48.0 Å². The van der Waals surface area contributed by atoms with Crippen LogP contribution in [0.15, 0.2) is 42.5 Å². The highest BCUT2D eigenvalue weighted by molar-refractivity contribution is 5.99. The molecule has 0 bridgehead atoms. The molecule has 102 valence electrons. The minimum Gasteiger partial charge on any atom is -0.334 e. The van der Waals surface area contributed by atoms with Gasteiger partial charge >= 0.3 is 0 Å². The van der Waals surface area contributed by atoms with Gasteiger partial charge in [0.15, 0.2) is 0 Å². The van der Waals surface area contributed by atoms with Crippen LogP contribution in [0.1, 0.15) is 37.0 Å². The fourth-order valence-electron chi connectivity index (χ4n) is 2.23. The van der Waals surface area contributed by atoms with E-state index in [1.165, 1.54) is 0 Å². The number of carbonyl (C=O) groups is 1. The third-order valence-electron chi connectivity index (χ3n) is 3.79. The Morgan fingerprint density at radius 1 is 1.15 bits per heavy atom. The first-order chi connectivity index (χ1) is 9.64. The zero-order valence-electron chi connectivity index (χ0n) is 11.8. The number of rotatable bonds is 4. The number of amides is 1. The maximum absolute atomic E-state index is 12.3. The summed E-state index contributed by atoms with van der Waals surface area (Å²) in [6.07, 6.45) is 1.19. The van der Waals surface area contributed by atoms with E-state index >= 15 is 0 Å². The zero-order chi connectivity index (χ0) is 14.6. The molecule has 0 atom stereocenters. The zero-order valence-corrected chi connectivity index (χ0v) is 11.8. The summed E-state index contributed by atoms with van der Waals surface area (Å²) in [7, 11) is 0.